The van der Waals surface area contributed by atoms with Crippen LogP contribution in [0.25, 0.3) is 0 Å². The molecule has 3 aromatic carbocycles. The number of ether oxygens (including phenoxy) is 2. The third kappa shape index (κ3) is 4.58. The summed E-state index contributed by atoms with van der Waals surface area (Å²) in [7, 11) is 0. The SMILES string of the molecule is Cc1c(COC2CCCCC2)cc(C(=O)c2c(Cl)cccc2C(=O)O)c2c1Oc1ccccc1C2. The number of fused-ring (bicyclic) bond motifs is 2. The first-order chi connectivity index (χ1) is 16.9. The first kappa shape index (κ1) is 23.6. The minimum absolute atomic E-state index is 0.00859. The highest BCUT2D eigenvalue weighted by atomic mass is 35.5. The van der Waals surface area contributed by atoms with Crippen molar-refractivity contribution in [2.75, 3.05) is 0 Å². The number of carbonyl (C=O) groups excluding carboxylic acids is 1. The van der Waals surface area contributed by atoms with Crippen molar-refractivity contribution in [2.24, 2.45) is 0 Å². The Morgan fingerprint density at radius 3 is 2.60 bits per heavy atom. The summed E-state index contributed by atoms with van der Waals surface area (Å²) in [4.78, 5) is 25.8. The second-order valence-corrected chi connectivity index (χ2v) is 9.68. The van der Waals surface area contributed by atoms with Crippen molar-refractivity contribution in [1.29, 1.82) is 0 Å². The molecule has 0 amide bonds. The standard InChI is InChI=1S/C29H27ClO5/c1-17-19(16-34-20-9-3-2-4-10-20)15-22(23-14-18-8-5-6-13-25(18)35-28(17)23)27(31)26-21(29(32)33)11-7-12-24(26)30/h5-8,11-13,15,20H,2-4,9-10,14,16H2,1H3,(H,32,33). The van der Waals surface area contributed by atoms with Gasteiger partial charge in [-0.1, -0.05) is 55.1 Å². The normalized spacial score (nSPS) is 15.1. The van der Waals surface area contributed by atoms with Crippen LogP contribution >= 0.6 is 11.6 Å². The highest BCUT2D eigenvalue weighted by molar-refractivity contribution is 6.36. The number of para-hydroxylation sites is 1. The van der Waals surface area contributed by atoms with Crippen LogP contribution in [0.4, 0.5) is 0 Å². The van der Waals surface area contributed by atoms with Gasteiger partial charge in [-0.15, -0.1) is 0 Å². The van der Waals surface area contributed by atoms with Gasteiger partial charge in [-0.25, -0.2) is 4.79 Å². The van der Waals surface area contributed by atoms with Gasteiger partial charge in [0.15, 0.2) is 5.78 Å². The van der Waals surface area contributed by atoms with E-state index in [4.69, 9.17) is 21.1 Å². The number of carbonyl (C=O) groups is 2. The fourth-order valence-electron chi connectivity index (χ4n) is 5.09. The van der Waals surface area contributed by atoms with Crippen molar-refractivity contribution >= 4 is 23.4 Å². The van der Waals surface area contributed by atoms with Crippen LogP contribution in [0.2, 0.25) is 5.02 Å². The maximum atomic E-state index is 13.9. The second-order valence-electron chi connectivity index (χ2n) is 9.27. The quantitative estimate of drug-likeness (QED) is 0.291. The maximum Gasteiger partial charge on any atom is 0.336 e. The maximum absolute atomic E-state index is 13.9. The van der Waals surface area contributed by atoms with Crippen LogP contribution in [0.3, 0.4) is 0 Å². The third-order valence-electron chi connectivity index (χ3n) is 7.03. The lowest BCUT2D eigenvalue weighted by molar-refractivity contribution is 0.0165. The Kier molecular flexibility index (Phi) is 6.63. The Labute approximate surface area is 209 Å². The van der Waals surface area contributed by atoms with Crippen LogP contribution in [0.5, 0.6) is 11.5 Å². The fraction of sp³-hybridized carbons (Fsp3) is 0.310. The van der Waals surface area contributed by atoms with Gasteiger partial charge < -0.3 is 14.6 Å². The molecule has 1 aliphatic carbocycles. The summed E-state index contributed by atoms with van der Waals surface area (Å²) in [5, 5.41) is 9.84. The molecule has 0 spiro atoms. The Hall–Kier alpha value is -3.15. The minimum Gasteiger partial charge on any atom is -0.478 e. The number of hydrogen-bond donors (Lipinski definition) is 1. The van der Waals surface area contributed by atoms with Crippen molar-refractivity contribution in [3.05, 3.63) is 92.5 Å². The van der Waals surface area contributed by atoms with Gasteiger partial charge in [0.05, 0.1) is 28.9 Å². The molecule has 2 aliphatic rings. The van der Waals surface area contributed by atoms with Gasteiger partial charge in [-0.3, -0.25) is 4.79 Å². The number of ketones is 1. The zero-order chi connectivity index (χ0) is 24.5. The predicted molar refractivity (Wildman–Crippen MR) is 134 cm³/mol. The Morgan fingerprint density at radius 2 is 1.83 bits per heavy atom. The summed E-state index contributed by atoms with van der Waals surface area (Å²) in [6.07, 6.45) is 6.38. The average Bonchev–Trinajstić information content (AvgIpc) is 2.87. The van der Waals surface area contributed by atoms with Crippen LogP contribution in [0, 0.1) is 6.92 Å². The lowest BCUT2D eigenvalue weighted by Crippen LogP contribution is -2.19. The lowest BCUT2D eigenvalue weighted by atomic mass is 9.87. The van der Waals surface area contributed by atoms with E-state index in [0.29, 0.717) is 24.3 Å². The van der Waals surface area contributed by atoms with Crippen molar-refractivity contribution < 1.29 is 24.2 Å². The monoisotopic (exact) mass is 490 g/mol. The molecule has 35 heavy (non-hydrogen) atoms. The van der Waals surface area contributed by atoms with Gasteiger partial charge in [-0.2, -0.15) is 0 Å². The topological polar surface area (TPSA) is 72.8 Å². The molecule has 1 fully saturated rings. The first-order valence-electron chi connectivity index (χ1n) is 12.0. The van der Waals surface area contributed by atoms with Crippen molar-refractivity contribution in [1.82, 2.24) is 0 Å². The molecular weight excluding hydrogens is 464 g/mol. The largest absolute Gasteiger partial charge is 0.478 e. The molecule has 1 aliphatic heterocycles. The number of carboxylic acids is 1. The molecule has 6 heteroatoms. The Balaban J connectivity index is 1.61. The van der Waals surface area contributed by atoms with E-state index >= 15 is 0 Å². The van der Waals surface area contributed by atoms with Gasteiger partial charge in [0, 0.05) is 17.5 Å². The predicted octanol–water partition coefficient (Wildman–Crippen LogP) is 7.12. The third-order valence-corrected chi connectivity index (χ3v) is 7.35. The molecule has 0 atom stereocenters. The minimum atomic E-state index is -1.20. The van der Waals surface area contributed by atoms with E-state index in [1.807, 2.05) is 37.3 Å². The Bertz CT molecular complexity index is 1310. The van der Waals surface area contributed by atoms with E-state index < -0.39 is 11.8 Å². The summed E-state index contributed by atoms with van der Waals surface area (Å²) >= 11 is 6.38. The second kappa shape index (κ2) is 9.84. The number of hydrogen-bond acceptors (Lipinski definition) is 4. The van der Waals surface area contributed by atoms with Gasteiger partial charge in [0.1, 0.15) is 11.5 Å². The summed E-state index contributed by atoms with van der Waals surface area (Å²) in [5.74, 6) is -0.220. The highest BCUT2D eigenvalue weighted by Gasteiger charge is 2.30. The zero-order valence-electron chi connectivity index (χ0n) is 19.6. The molecule has 5 nitrogen and oxygen atoms in total. The molecule has 0 unspecified atom stereocenters. The van der Waals surface area contributed by atoms with Gasteiger partial charge in [-0.05, 0) is 60.7 Å². The molecule has 0 radical (unpaired) electrons. The van der Waals surface area contributed by atoms with E-state index in [0.717, 1.165) is 40.8 Å². The van der Waals surface area contributed by atoms with Crippen molar-refractivity contribution in [3.8, 4) is 11.5 Å². The van der Waals surface area contributed by atoms with Crippen LogP contribution < -0.4 is 4.74 Å². The molecule has 1 saturated carbocycles. The summed E-state index contributed by atoms with van der Waals surface area (Å²) in [6.45, 7) is 2.35. The smallest absolute Gasteiger partial charge is 0.336 e. The van der Waals surface area contributed by atoms with E-state index in [-0.39, 0.29) is 22.3 Å². The highest BCUT2D eigenvalue weighted by Crippen LogP contribution is 2.43. The summed E-state index contributed by atoms with van der Waals surface area (Å²) in [5.41, 5.74) is 3.78. The molecule has 1 N–H and O–H groups in total. The Morgan fingerprint density at radius 1 is 1.06 bits per heavy atom. The molecule has 0 bridgehead atoms. The van der Waals surface area contributed by atoms with Crippen molar-refractivity contribution in [3.63, 3.8) is 0 Å². The molecule has 180 valence electrons. The van der Waals surface area contributed by atoms with E-state index in [1.165, 1.54) is 31.4 Å². The van der Waals surface area contributed by atoms with E-state index in [1.54, 1.807) is 6.07 Å². The van der Waals surface area contributed by atoms with Crippen LogP contribution in [-0.2, 0) is 17.8 Å². The lowest BCUT2D eigenvalue weighted by Gasteiger charge is -2.27. The first-order valence-corrected chi connectivity index (χ1v) is 12.4. The van der Waals surface area contributed by atoms with Gasteiger partial charge in [0.2, 0.25) is 0 Å². The zero-order valence-corrected chi connectivity index (χ0v) is 20.4. The number of aromatic carboxylic acids is 1. The van der Waals surface area contributed by atoms with Crippen LogP contribution in [0.1, 0.15) is 80.6 Å². The fourth-order valence-corrected chi connectivity index (χ4v) is 5.35. The van der Waals surface area contributed by atoms with E-state index in [9.17, 15) is 14.7 Å². The number of benzene rings is 3. The molecular formula is C29H27ClO5. The van der Waals surface area contributed by atoms with Crippen molar-refractivity contribution in [2.45, 2.75) is 58.2 Å². The van der Waals surface area contributed by atoms with Crippen LogP contribution in [-0.4, -0.2) is 23.0 Å². The molecule has 0 aromatic heterocycles. The average molecular weight is 491 g/mol. The van der Waals surface area contributed by atoms with Crippen LogP contribution in [0.15, 0.2) is 48.5 Å². The summed E-state index contributed by atoms with van der Waals surface area (Å²) in [6, 6.07) is 14.1. The number of rotatable bonds is 6. The van der Waals surface area contributed by atoms with Gasteiger partial charge in [0.25, 0.3) is 0 Å². The molecule has 1 heterocycles. The number of carboxylic acid groups (broad SMARTS) is 1. The molecule has 0 saturated heterocycles. The van der Waals surface area contributed by atoms with E-state index in [2.05, 4.69) is 0 Å². The molecule has 5 rings (SSSR count). The summed E-state index contributed by atoms with van der Waals surface area (Å²) < 4.78 is 12.6. The number of halogens is 1. The molecule has 3 aromatic rings. The van der Waals surface area contributed by atoms with Gasteiger partial charge >= 0.3 is 5.97 Å².